The van der Waals surface area contributed by atoms with Crippen molar-refractivity contribution in [3.05, 3.63) is 40.1 Å². The summed E-state index contributed by atoms with van der Waals surface area (Å²) in [4.78, 5) is 4.41. The van der Waals surface area contributed by atoms with Gasteiger partial charge in [0.2, 0.25) is 0 Å². The van der Waals surface area contributed by atoms with Gasteiger partial charge in [-0.25, -0.2) is 4.98 Å². The number of aryl methyl sites for hydroxylation is 1. The number of hydrogen-bond acceptors (Lipinski definition) is 6. The average Bonchev–Trinajstić information content (AvgIpc) is 2.73. The van der Waals surface area contributed by atoms with E-state index in [1.165, 1.54) is 0 Å². The molecule has 1 atom stereocenters. The predicted molar refractivity (Wildman–Crippen MR) is 62.7 cm³/mol. The molecule has 0 saturated heterocycles. The van der Waals surface area contributed by atoms with Crippen molar-refractivity contribution in [1.29, 1.82) is 0 Å². The first kappa shape index (κ1) is 11.1. The summed E-state index contributed by atoms with van der Waals surface area (Å²) in [5.41, 5.74) is 4.84. The predicted octanol–water partition coefficient (Wildman–Crippen LogP) is 0.989. The van der Waals surface area contributed by atoms with Crippen molar-refractivity contribution >= 4 is 11.3 Å². The molecule has 1 unspecified atom stereocenters. The van der Waals surface area contributed by atoms with E-state index < -0.39 is 0 Å². The van der Waals surface area contributed by atoms with Crippen LogP contribution in [0, 0.1) is 6.92 Å². The third-order valence-corrected chi connectivity index (χ3v) is 3.24. The average molecular weight is 235 g/mol. The standard InChI is InChI=1S/C10H13N5S/c1-7-6-16-10(14-7)4-9(15-11)8-2-3-12-13-5-8/h2-3,5-6,9,15H,4,11H2,1H3. The van der Waals surface area contributed by atoms with Gasteiger partial charge in [-0.05, 0) is 18.6 Å². The van der Waals surface area contributed by atoms with Crippen molar-refractivity contribution in [1.82, 2.24) is 20.6 Å². The molecule has 0 aliphatic rings. The molecule has 0 spiro atoms. The minimum Gasteiger partial charge on any atom is -0.271 e. The molecule has 2 aromatic rings. The molecule has 0 aliphatic heterocycles. The van der Waals surface area contributed by atoms with Crippen molar-refractivity contribution in [2.24, 2.45) is 5.84 Å². The van der Waals surface area contributed by atoms with Crippen molar-refractivity contribution < 1.29 is 0 Å². The van der Waals surface area contributed by atoms with Gasteiger partial charge in [0.1, 0.15) is 0 Å². The van der Waals surface area contributed by atoms with Gasteiger partial charge in [-0.3, -0.25) is 11.3 Å². The number of hydrazine groups is 1. The van der Waals surface area contributed by atoms with Crippen molar-refractivity contribution in [2.75, 3.05) is 0 Å². The Bertz CT molecular complexity index is 441. The van der Waals surface area contributed by atoms with Gasteiger partial charge < -0.3 is 0 Å². The fraction of sp³-hybridized carbons (Fsp3) is 0.300. The lowest BCUT2D eigenvalue weighted by molar-refractivity contribution is 0.547. The van der Waals surface area contributed by atoms with Crippen LogP contribution in [0.2, 0.25) is 0 Å². The van der Waals surface area contributed by atoms with Crippen LogP contribution in [-0.4, -0.2) is 15.2 Å². The third-order valence-electron chi connectivity index (χ3n) is 2.26. The van der Waals surface area contributed by atoms with E-state index in [9.17, 15) is 0 Å². The molecule has 0 aliphatic carbocycles. The first-order valence-corrected chi connectivity index (χ1v) is 5.81. The maximum absolute atomic E-state index is 5.54. The van der Waals surface area contributed by atoms with Gasteiger partial charge >= 0.3 is 0 Å². The molecule has 6 heteroatoms. The Balaban J connectivity index is 2.12. The summed E-state index contributed by atoms with van der Waals surface area (Å²) < 4.78 is 0. The van der Waals surface area contributed by atoms with Crippen LogP contribution < -0.4 is 11.3 Å². The SMILES string of the molecule is Cc1csc(CC(NN)c2ccnnc2)n1. The second-order valence-electron chi connectivity index (χ2n) is 3.48. The number of nitrogens with one attached hydrogen (secondary N) is 1. The molecule has 84 valence electrons. The molecular formula is C10H13N5S. The van der Waals surface area contributed by atoms with Crippen LogP contribution in [0.3, 0.4) is 0 Å². The minimum absolute atomic E-state index is 0.0287. The Morgan fingerprint density at radius 1 is 1.50 bits per heavy atom. The molecule has 3 N–H and O–H groups in total. The molecule has 0 amide bonds. The topological polar surface area (TPSA) is 76.7 Å². The molecule has 0 aromatic carbocycles. The highest BCUT2D eigenvalue weighted by Gasteiger charge is 2.12. The van der Waals surface area contributed by atoms with Crippen LogP contribution in [0.1, 0.15) is 22.3 Å². The van der Waals surface area contributed by atoms with Gasteiger partial charge in [-0.1, -0.05) is 0 Å². The summed E-state index contributed by atoms with van der Waals surface area (Å²) >= 11 is 1.65. The van der Waals surface area contributed by atoms with E-state index in [-0.39, 0.29) is 6.04 Å². The first-order valence-electron chi connectivity index (χ1n) is 4.93. The fourth-order valence-corrected chi connectivity index (χ4v) is 2.27. The molecule has 16 heavy (non-hydrogen) atoms. The smallest absolute Gasteiger partial charge is 0.0947 e. The number of thiazole rings is 1. The van der Waals surface area contributed by atoms with Crippen LogP contribution in [0.5, 0.6) is 0 Å². The van der Waals surface area contributed by atoms with E-state index >= 15 is 0 Å². The van der Waals surface area contributed by atoms with Crippen LogP contribution in [0.25, 0.3) is 0 Å². The number of aromatic nitrogens is 3. The maximum atomic E-state index is 5.54. The largest absolute Gasteiger partial charge is 0.271 e. The molecular weight excluding hydrogens is 222 g/mol. The van der Waals surface area contributed by atoms with Crippen LogP contribution >= 0.6 is 11.3 Å². The van der Waals surface area contributed by atoms with Crippen molar-refractivity contribution in [2.45, 2.75) is 19.4 Å². The van der Waals surface area contributed by atoms with Gasteiger partial charge in [0, 0.05) is 23.7 Å². The van der Waals surface area contributed by atoms with E-state index in [4.69, 9.17) is 5.84 Å². The van der Waals surface area contributed by atoms with E-state index in [2.05, 4.69) is 20.6 Å². The van der Waals surface area contributed by atoms with E-state index in [0.717, 1.165) is 22.7 Å². The quantitative estimate of drug-likeness (QED) is 0.610. The highest BCUT2D eigenvalue weighted by Crippen LogP contribution is 2.18. The normalized spacial score (nSPS) is 12.6. The Labute approximate surface area is 97.7 Å². The van der Waals surface area contributed by atoms with Gasteiger partial charge in [-0.2, -0.15) is 10.2 Å². The lowest BCUT2D eigenvalue weighted by atomic mass is 10.1. The number of rotatable bonds is 4. The second kappa shape index (κ2) is 5.11. The highest BCUT2D eigenvalue weighted by atomic mass is 32.1. The zero-order chi connectivity index (χ0) is 11.4. The first-order chi connectivity index (χ1) is 7.79. The summed E-state index contributed by atoms with van der Waals surface area (Å²) in [6, 6.07) is 1.93. The van der Waals surface area contributed by atoms with Gasteiger partial charge in [-0.15, -0.1) is 11.3 Å². The summed E-state index contributed by atoms with van der Waals surface area (Å²) in [5.74, 6) is 5.54. The maximum Gasteiger partial charge on any atom is 0.0947 e. The monoisotopic (exact) mass is 235 g/mol. The van der Waals surface area contributed by atoms with Crippen molar-refractivity contribution in [3.63, 3.8) is 0 Å². The zero-order valence-electron chi connectivity index (χ0n) is 8.92. The van der Waals surface area contributed by atoms with Crippen LogP contribution in [0.4, 0.5) is 0 Å². The molecule has 2 aromatic heterocycles. The Morgan fingerprint density at radius 2 is 2.38 bits per heavy atom. The Hall–Kier alpha value is -1.37. The summed E-state index contributed by atoms with van der Waals surface area (Å²) in [6.07, 6.45) is 4.14. The molecule has 2 rings (SSSR count). The van der Waals surface area contributed by atoms with Crippen molar-refractivity contribution in [3.8, 4) is 0 Å². The van der Waals surface area contributed by atoms with Gasteiger partial charge in [0.05, 0.1) is 17.2 Å². The molecule has 5 nitrogen and oxygen atoms in total. The lowest BCUT2D eigenvalue weighted by Gasteiger charge is -2.13. The Morgan fingerprint density at radius 3 is 2.94 bits per heavy atom. The summed E-state index contributed by atoms with van der Waals surface area (Å²) in [7, 11) is 0. The zero-order valence-corrected chi connectivity index (χ0v) is 9.74. The van der Waals surface area contributed by atoms with Crippen LogP contribution in [-0.2, 0) is 6.42 Å². The van der Waals surface area contributed by atoms with Crippen LogP contribution in [0.15, 0.2) is 23.8 Å². The van der Waals surface area contributed by atoms with E-state index in [0.29, 0.717) is 0 Å². The number of hydrogen-bond donors (Lipinski definition) is 2. The molecule has 0 saturated carbocycles. The van der Waals surface area contributed by atoms with Gasteiger partial charge in [0.15, 0.2) is 0 Å². The summed E-state index contributed by atoms with van der Waals surface area (Å²) in [6.45, 7) is 1.98. The van der Waals surface area contributed by atoms with Gasteiger partial charge in [0.25, 0.3) is 0 Å². The second-order valence-corrected chi connectivity index (χ2v) is 4.42. The molecule has 0 fully saturated rings. The highest BCUT2D eigenvalue weighted by molar-refractivity contribution is 7.09. The summed E-state index contributed by atoms with van der Waals surface area (Å²) in [5, 5.41) is 10.7. The Kier molecular flexibility index (Phi) is 3.55. The number of nitrogens with zero attached hydrogens (tertiary/aromatic N) is 3. The lowest BCUT2D eigenvalue weighted by Crippen LogP contribution is -2.29. The third kappa shape index (κ3) is 2.60. The molecule has 0 bridgehead atoms. The van der Waals surface area contributed by atoms with E-state index in [1.54, 1.807) is 23.7 Å². The minimum atomic E-state index is 0.0287. The molecule has 0 radical (unpaired) electrons. The number of nitrogens with two attached hydrogens (primary N) is 1. The van der Waals surface area contributed by atoms with E-state index in [1.807, 2.05) is 18.4 Å². The molecule has 2 heterocycles. The fourth-order valence-electron chi connectivity index (χ4n) is 1.45.